The number of methoxy groups -OCH3 is 2. The van der Waals surface area contributed by atoms with Crippen molar-refractivity contribution in [2.24, 2.45) is 0 Å². The molecular formula is C17H26ClN3O4. The van der Waals surface area contributed by atoms with Gasteiger partial charge in [0.25, 0.3) is 0 Å². The van der Waals surface area contributed by atoms with Gasteiger partial charge in [-0.25, -0.2) is 0 Å². The zero-order valence-electron chi connectivity index (χ0n) is 15.3. The number of carbonyl (C=O) groups excluding carboxylic acids is 2. The van der Waals surface area contributed by atoms with E-state index in [0.717, 1.165) is 0 Å². The summed E-state index contributed by atoms with van der Waals surface area (Å²) in [6.45, 7) is 6.47. The molecule has 0 aliphatic carbocycles. The molecule has 0 fully saturated rings. The SMILES string of the molecule is CCN(CC(=O)Nc1cc(Cl)c(OC)cc1OC)CC(=O)NC(C)C. The Labute approximate surface area is 153 Å². The molecule has 1 rings (SSSR count). The molecule has 0 aliphatic heterocycles. The van der Waals surface area contributed by atoms with Gasteiger partial charge in [-0.15, -0.1) is 0 Å². The normalized spacial score (nSPS) is 10.7. The van der Waals surface area contributed by atoms with Gasteiger partial charge in [-0.1, -0.05) is 18.5 Å². The summed E-state index contributed by atoms with van der Waals surface area (Å²) in [6.07, 6.45) is 0. The Morgan fingerprint density at radius 3 is 2.24 bits per heavy atom. The second-order valence-electron chi connectivity index (χ2n) is 5.76. The second kappa shape index (κ2) is 10.1. The molecule has 140 valence electrons. The summed E-state index contributed by atoms with van der Waals surface area (Å²) < 4.78 is 10.4. The van der Waals surface area contributed by atoms with E-state index in [9.17, 15) is 9.59 Å². The molecule has 0 bridgehead atoms. The van der Waals surface area contributed by atoms with Crippen molar-refractivity contribution in [1.29, 1.82) is 0 Å². The van der Waals surface area contributed by atoms with Crippen molar-refractivity contribution in [3.05, 3.63) is 17.2 Å². The van der Waals surface area contributed by atoms with E-state index >= 15 is 0 Å². The molecule has 0 radical (unpaired) electrons. The number of ether oxygens (including phenoxy) is 2. The highest BCUT2D eigenvalue weighted by atomic mass is 35.5. The van der Waals surface area contributed by atoms with Gasteiger partial charge in [0.2, 0.25) is 11.8 Å². The zero-order valence-corrected chi connectivity index (χ0v) is 16.1. The number of hydrogen-bond donors (Lipinski definition) is 2. The maximum Gasteiger partial charge on any atom is 0.238 e. The monoisotopic (exact) mass is 371 g/mol. The van der Waals surface area contributed by atoms with Gasteiger partial charge in [0.05, 0.1) is 38.0 Å². The van der Waals surface area contributed by atoms with Crippen LogP contribution in [0.15, 0.2) is 12.1 Å². The van der Waals surface area contributed by atoms with Crippen LogP contribution in [0.2, 0.25) is 5.02 Å². The fraction of sp³-hybridized carbons (Fsp3) is 0.529. The van der Waals surface area contributed by atoms with E-state index in [2.05, 4.69) is 10.6 Å². The molecule has 0 unspecified atom stereocenters. The third-order valence-electron chi connectivity index (χ3n) is 3.38. The van der Waals surface area contributed by atoms with Gasteiger partial charge in [0.15, 0.2) is 0 Å². The average molecular weight is 372 g/mol. The van der Waals surface area contributed by atoms with Crippen LogP contribution in [0, 0.1) is 0 Å². The number of halogens is 1. The highest BCUT2D eigenvalue weighted by Crippen LogP contribution is 2.35. The minimum Gasteiger partial charge on any atom is -0.495 e. The molecule has 0 heterocycles. The Morgan fingerprint density at radius 2 is 1.72 bits per heavy atom. The lowest BCUT2D eigenvalue weighted by Crippen LogP contribution is -2.42. The fourth-order valence-corrected chi connectivity index (χ4v) is 2.44. The molecule has 8 heteroatoms. The number of rotatable bonds is 9. The van der Waals surface area contributed by atoms with E-state index in [-0.39, 0.29) is 30.9 Å². The molecule has 0 aromatic heterocycles. The van der Waals surface area contributed by atoms with Crippen molar-refractivity contribution in [2.45, 2.75) is 26.8 Å². The first-order valence-corrected chi connectivity index (χ1v) is 8.41. The van der Waals surface area contributed by atoms with E-state index < -0.39 is 0 Å². The number of hydrogen-bond acceptors (Lipinski definition) is 5. The summed E-state index contributed by atoms with van der Waals surface area (Å²) in [5, 5.41) is 5.92. The largest absolute Gasteiger partial charge is 0.495 e. The van der Waals surface area contributed by atoms with Crippen LogP contribution in [0.1, 0.15) is 20.8 Å². The highest BCUT2D eigenvalue weighted by molar-refractivity contribution is 6.32. The molecule has 0 atom stereocenters. The Bertz CT molecular complexity index is 608. The van der Waals surface area contributed by atoms with E-state index in [1.54, 1.807) is 17.0 Å². The van der Waals surface area contributed by atoms with E-state index in [1.165, 1.54) is 14.2 Å². The summed E-state index contributed by atoms with van der Waals surface area (Å²) in [5.74, 6) is 0.515. The fourth-order valence-electron chi connectivity index (χ4n) is 2.20. The van der Waals surface area contributed by atoms with E-state index in [0.29, 0.717) is 28.8 Å². The van der Waals surface area contributed by atoms with Crippen molar-refractivity contribution >= 4 is 29.1 Å². The first kappa shape index (κ1) is 21.1. The second-order valence-corrected chi connectivity index (χ2v) is 6.17. The number of nitrogens with one attached hydrogen (secondary N) is 2. The molecule has 2 N–H and O–H groups in total. The van der Waals surface area contributed by atoms with Gasteiger partial charge in [-0.2, -0.15) is 0 Å². The summed E-state index contributed by atoms with van der Waals surface area (Å²) in [6, 6.07) is 3.23. The van der Waals surface area contributed by atoms with Gasteiger partial charge < -0.3 is 20.1 Å². The molecule has 25 heavy (non-hydrogen) atoms. The molecule has 0 aliphatic rings. The Kier molecular flexibility index (Phi) is 8.51. The number of anilines is 1. The van der Waals surface area contributed by atoms with Crippen molar-refractivity contribution in [1.82, 2.24) is 10.2 Å². The number of carbonyl (C=O) groups is 2. The predicted molar refractivity (Wildman–Crippen MR) is 98.6 cm³/mol. The lowest BCUT2D eigenvalue weighted by atomic mass is 10.2. The molecule has 1 aromatic rings. The Hall–Kier alpha value is -1.99. The van der Waals surface area contributed by atoms with Gasteiger partial charge in [0, 0.05) is 12.1 Å². The maximum atomic E-state index is 12.3. The first-order valence-electron chi connectivity index (χ1n) is 8.03. The maximum absolute atomic E-state index is 12.3. The van der Waals surface area contributed by atoms with Crippen LogP contribution in [0.25, 0.3) is 0 Å². The third-order valence-corrected chi connectivity index (χ3v) is 3.67. The van der Waals surface area contributed by atoms with Crippen LogP contribution in [-0.2, 0) is 9.59 Å². The van der Waals surface area contributed by atoms with Crippen LogP contribution in [0.3, 0.4) is 0 Å². The van der Waals surface area contributed by atoms with Gasteiger partial charge in [-0.05, 0) is 26.5 Å². The van der Waals surface area contributed by atoms with Gasteiger partial charge >= 0.3 is 0 Å². The van der Waals surface area contributed by atoms with Crippen LogP contribution < -0.4 is 20.1 Å². The molecule has 0 saturated carbocycles. The number of amides is 2. The first-order chi connectivity index (χ1) is 11.8. The van der Waals surface area contributed by atoms with E-state index in [1.807, 2.05) is 20.8 Å². The quantitative estimate of drug-likeness (QED) is 0.695. The number of likely N-dealkylation sites (N-methyl/N-ethyl adjacent to an activating group) is 1. The van der Waals surface area contributed by atoms with Crippen molar-refractivity contribution in [3.63, 3.8) is 0 Å². The van der Waals surface area contributed by atoms with Gasteiger partial charge in [0.1, 0.15) is 11.5 Å². The molecular weight excluding hydrogens is 346 g/mol. The smallest absolute Gasteiger partial charge is 0.238 e. The minimum atomic E-state index is -0.265. The lowest BCUT2D eigenvalue weighted by Gasteiger charge is -2.20. The summed E-state index contributed by atoms with van der Waals surface area (Å²) >= 11 is 6.10. The molecule has 0 saturated heterocycles. The number of benzene rings is 1. The zero-order chi connectivity index (χ0) is 19.0. The molecule has 2 amide bonds. The topological polar surface area (TPSA) is 79.9 Å². The van der Waals surface area contributed by atoms with Crippen molar-refractivity contribution < 1.29 is 19.1 Å². The molecule has 7 nitrogen and oxygen atoms in total. The molecule has 1 aromatic carbocycles. The highest BCUT2D eigenvalue weighted by Gasteiger charge is 2.16. The van der Waals surface area contributed by atoms with Crippen molar-refractivity contribution in [2.75, 3.05) is 39.2 Å². The van der Waals surface area contributed by atoms with Crippen LogP contribution >= 0.6 is 11.6 Å². The minimum absolute atomic E-state index is 0.0609. The van der Waals surface area contributed by atoms with E-state index in [4.69, 9.17) is 21.1 Å². The predicted octanol–water partition coefficient (Wildman–Crippen LogP) is 2.14. The summed E-state index contributed by atoms with van der Waals surface area (Å²) in [5.41, 5.74) is 0.445. The summed E-state index contributed by atoms with van der Waals surface area (Å²) in [4.78, 5) is 25.9. The lowest BCUT2D eigenvalue weighted by molar-refractivity contribution is -0.123. The summed E-state index contributed by atoms with van der Waals surface area (Å²) in [7, 11) is 2.99. The van der Waals surface area contributed by atoms with Gasteiger partial charge in [-0.3, -0.25) is 14.5 Å². The van der Waals surface area contributed by atoms with Crippen LogP contribution in [0.4, 0.5) is 5.69 Å². The van der Waals surface area contributed by atoms with Crippen LogP contribution in [0.5, 0.6) is 11.5 Å². The number of nitrogens with zero attached hydrogens (tertiary/aromatic N) is 1. The van der Waals surface area contributed by atoms with Crippen LogP contribution in [-0.4, -0.2) is 56.6 Å². The molecule has 0 spiro atoms. The standard InChI is InChI=1S/C17H26ClN3O4/c1-6-21(9-16(22)19-11(2)3)10-17(23)20-13-7-12(18)14(24-4)8-15(13)25-5/h7-8,11H,6,9-10H2,1-5H3,(H,19,22)(H,20,23). The average Bonchev–Trinajstić information content (AvgIpc) is 2.53. The third kappa shape index (κ3) is 6.80. The Balaban J connectivity index is 2.74. The van der Waals surface area contributed by atoms with Crippen molar-refractivity contribution in [3.8, 4) is 11.5 Å². The Morgan fingerprint density at radius 1 is 1.12 bits per heavy atom.